The zero-order chi connectivity index (χ0) is 22.8. The molecule has 3 rings (SSSR count). The molecule has 0 atom stereocenters. The predicted octanol–water partition coefficient (Wildman–Crippen LogP) is 1.28. The molecule has 0 saturated carbocycles. The molecule has 0 aliphatic carbocycles. The number of fused-ring (bicyclic) bond motifs is 1. The van der Waals surface area contributed by atoms with Gasteiger partial charge in [-0.05, 0) is 30.3 Å². The van der Waals surface area contributed by atoms with Gasteiger partial charge in [0, 0.05) is 11.6 Å². The number of thiazole rings is 1. The number of nitrogens with zero attached hydrogens (tertiary/aromatic N) is 2. The van der Waals surface area contributed by atoms with E-state index < -0.39 is 21.9 Å². The normalized spacial score (nSPS) is 12.1. The van der Waals surface area contributed by atoms with E-state index in [0.29, 0.717) is 21.7 Å². The van der Waals surface area contributed by atoms with Crippen molar-refractivity contribution >= 4 is 43.5 Å². The Morgan fingerprint density at radius 3 is 2.26 bits per heavy atom. The van der Waals surface area contributed by atoms with Gasteiger partial charge < -0.3 is 18.8 Å². The maximum Gasteiger partial charge on any atom is 0.325 e. The van der Waals surface area contributed by atoms with Crippen LogP contribution in [0.4, 0.5) is 0 Å². The fourth-order valence-corrected chi connectivity index (χ4v) is 4.43. The third-order valence-electron chi connectivity index (χ3n) is 4.29. The second kappa shape index (κ2) is 8.88. The summed E-state index contributed by atoms with van der Waals surface area (Å²) in [6.45, 7) is -0.223. The molecule has 10 nitrogen and oxygen atoms in total. The number of carbonyl (C=O) groups is 2. The standard InChI is InChI=1S/C19H19N3O7S2/c1-27-12-6-11(7-13(8-12)28-2)18(24)21-19-22(10-17(23)29-3)15-5-4-14(31(20,25)26)9-16(15)30-19/h4-9H,10H2,1-3H3,(H2,20,25,26). The summed E-state index contributed by atoms with van der Waals surface area (Å²) in [6, 6.07) is 8.80. The number of methoxy groups -OCH3 is 3. The van der Waals surface area contributed by atoms with E-state index in [-0.39, 0.29) is 21.8 Å². The van der Waals surface area contributed by atoms with Crippen molar-refractivity contribution in [2.75, 3.05) is 21.3 Å². The summed E-state index contributed by atoms with van der Waals surface area (Å²) in [5, 5.41) is 5.20. The molecule has 0 radical (unpaired) electrons. The average Bonchev–Trinajstić information content (AvgIpc) is 3.08. The van der Waals surface area contributed by atoms with Crippen LogP contribution in [-0.4, -0.2) is 46.2 Å². The Bertz CT molecular complexity index is 1320. The molecule has 0 aliphatic heterocycles. The lowest BCUT2D eigenvalue weighted by Gasteiger charge is -2.06. The molecule has 3 aromatic rings. The minimum atomic E-state index is -3.93. The van der Waals surface area contributed by atoms with Crippen LogP contribution in [0, 0.1) is 0 Å². The lowest BCUT2D eigenvalue weighted by Crippen LogP contribution is -2.22. The number of rotatable bonds is 6. The molecule has 0 fully saturated rings. The topological polar surface area (TPSA) is 139 Å². The van der Waals surface area contributed by atoms with Gasteiger partial charge in [-0.25, -0.2) is 13.6 Å². The summed E-state index contributed by atoms with van der Waals surface area (Å²) in [7, 11) is 0.226. The molecule has 0 aliphatic rings. The molecule has 164 valence electrons. The fourth-order valence-electron chi connectivity index (χ4n) is 2.74. The van der Waals surface area contributed by atoms with Crippen LogP contribution in [0.25, 0.3) is 10.2 Å². The molecular weight excluding hydrogens is 446 g/mol. The minimum Gasteiger partial charge on any atom is -0.497 e. The van der Waals surface area contributed by atoms with Crippen molar-refractivity contribution in [1.29, 1.82) is 0 Å². The minimum absolute atomic E-state index is 0.0955. The van der Waals surface area contributed by atoms with Gasteiger partial charge in [0.1, 0.15) is 18.0 Å². The van der Waals surface area contributed by atoms with Gasteiger partial charge in [0.15, 0.2) is 4.80 Å². The van der Waals surface area contributed by atoms with Gasteiger partial charge in [-0.15, -0.1) is 0 Å². The van der Waals surface area contributed by atoms with E-state index in [1.54, 1.807) is 6.07 Å². The third-order valence-corrected chi connectivity index (χ3v) is 6.25. The number of primary sulfonamides is 1. The molecule has 2 aromatic carbocycles. The molecule has 0 saturated heterocycles. The van der Waals surface area contributed by atoms with E-state index in [1.807, 2.05) is 0 Å². The second-order valence-electron chi connectivity index (χ2n) is 6.24. The van der Waals surface area contributed by atoms with Gasteiger partial charge in [-0.1, -0.05) is 11.3 Å². The van der Waals surface area contributed by atoms with Crippen LogP contribution >= 0.6 is 11.3 Å². The second-order valence-corrected chi connectivity index (χ2v) is 8.81. The van der Waals surface area contributed by atoms with Crippen LogP contribution in [0.15, 0.2) is 46.3 Å². The van der Waals surface area contributed by atoms with Crippen LogP contribution in [0.1, 0.15) is 10.4 Å². The summed E-state index contributed by atoms with van der Waals surface area (Å²) in [6.07, 6.45) is 0. The van der Waals surface area contributed by atoms with E-state index in [1.165, 1.54) is 56.2 Å². The SMILES string of the molecule is COC(=O)Cn1c(=NC(=O)c2cc(OC)cc(OC)c2)sc2cc(S(N)(=O)=O)ccc21. The quantitative estimate of drug-likeness (QED) is 0.541. The Morgan fingerprint density at radius 1 is 1.06 bits per heavy atom. The average molecular weight is 466 g/mol. The van der Waals surface area contributed by atoms with E-state index in [9.17, 15) is 18.0 Å². The molecule has 0 bridgehead atoms. The molecular formula is C19H19N3O7S2. The Morgan fingerprint density at radius 2 is 1.71 bits per heavy atom. The number of esters is 1. The maximum atomic E-state index is 12.8. The first-order valence-electron chi connectivity index (χ1n) is 8.71. The first-order chi connectivity index (χ1) is 14.7. The van der Waals surface area contributed by atoms with E-state index in [2.05, 4.69) is 4.99 Å². The lowest BCUT2D eigenvalue weighted by molar-refractivity contribution is -0.141. The first kappa shape index (κ1) is 22.5. The number of sulfonamides is 1. The number of ether oxygens (including phenoxy) is 3. The lowest BCUT2D eigenvalue weighted by atomic mass is 10.2. The molecule has 0 spiro atoms. The number of hydrogen-bond acceptors (Lipinski definition) is 8. The van der Waals surface area contributed by atoms with Gasteiger partial charge in [0.2, 0.25) is 10.0 Å². The van der Waals surface area contributed by atoms with Crippen molar-refractivity contribution < 1.29 is 32.2 Å². The predicted molar refractivity (Wildman–Crippen MR) is 113 cm³/mol. The number of amides is 1. The maximum absolute atomic E-state index is 12.8. The number of carbonyl (C=O) groups excluding carboxylic acids is 2. The first-order valence-corrected chi connectivity index (χ1v) is 11.1. The van der Waals surface area contributed by atoms with Gasteiger partial charge >= 0.3 is 5.97 Å². The van der Waals surface area contributed by atoms with E-state index in [0.717, 1.165) is 11.3 Å². The van der Waals surface area contributed by atoms with Crippen LogP contribution in [0.2, 0.25) is 0 Å². The zero-order valence-electron chi connectivity index (χ0n) is 16.8. The van der Waals surface area contributed by atoms with Crippen molar-refractivity contribution in [2.45, 2.75) is 11.4 Å². The molecule has 2 N–H and O–H groups in total. The van der Waals surface area contributed by atoms with Crippen LogP contribution in [-0.2, 0) is 26.1 Å². The molecule has 1 heterocycles. The van der Waals surface area contributed by atoms with E-state index in [4.69, 9.17) is 19.3 Å². The van der Waals surface area contributed by atoms with Crippen LogP contribution in [0.3, 0.4) is 0 Å². The fraction of sp³-hybridized carbons (Fsp3) is 0.211. The zero-order valence-corrected chi connectivity index (χ0v) is 18.5. The number of benzene rings is 2. The molecule has 12 heteroatoms. The molecule has 1 amide bonds. The third kappa shape index (κ3) is 4.93. The van der Waals surface area contributed by atoms with Crippen molar-refractivity contribution in [3.8, 4) is 11.5 Å². The van der Waals surface area contributed by atoms with Crippen molar-refractivity contribution in [2.24, 2.45) is 10.1 Å². The van der Waals surface area contributed by atoms with Gasteiger partial charge in [-0.2, -0.15) is 4.99 Å². The monoisotopic (exact) mass is 465 g/mol. The van der Waals surface area contributed by atoms with Gasteiger partial charge in [0.05, 0.1) is 36.4 Å². The smallest absolute Gasteiger partial charge is 0.325 e. The largest absolute Gasteiger partial charge is 0.497 e. The Balaban J connectivity index is 2.19. The van der Waals surface area contributed by atoms with Crippen molar-refractivity contribution in [1.82, 2.24) is 4.57 Å². The van der Waals surface area contributed by atoms with Crippen LogP contribution < -0.4 is 19.4 Å². The summed E-state index contributed by atoms with van der Waals surface area (Å²) < 4.78 is 40.4. The van der Waals surface area contributed by atoms with Gasteiger partial charge in [0.25, 0.3) is 5.91 Å². The van der Waals surface area contributed by atoms with Crippen LogP contribution in [0.5, 0.6) is 11.5 Å². The number of hydrogen-bond donors (Lipinski definition) is 1. The molecule has 0 unspecified atom stereocenters. The molecule has 31 heavy (non-hydrogen) atoms. The Hall–Kier alpha value is -3.22. The summed E-state index contributed by atoms with van der Waals surface area (Å²) in [5.74, 6) is -0.342. The summed E-state index contributed by atoms with van der Waals surface area (Å²) in [5.41, 5.74) is 0.709. The van der Waals surface area contributed by atoms with Crippen molar-refractivity contribution in [3.63, 3.8) is 0 Å². The number of aromatic nitrogens is 1. The Labute approximate surface area is 181 Å². The van der Waals surface area contributed by atoms with Gasteiger partial charge in [-0.3, -0.25) is 9.59 Å². The highest BCUT2D eigenvalue weighted by Crippen LogP contribution is 2.24. The summed E-state index contributed by atoms with van der Waals surface area (Å²) in [4.78, 5) is 29.0. The summed E-state index contributed by atoms with van der Waals surface area (Å²) >= 11 is 1.03. The molecule has 1 aromatic heterocycles. The Kier molecular flexibility index (Phi) is 6.43. The van der Waals surface area contributed by atoms with E-state index >= 15 is 0 Å². The highest BCUT2D eigenvalue weighted by Gasteiger charge is 2.16. The highest BCUT2D eigenvalue weighted by molar-refractivity contribution is 7.89. The number of nitrogens with two attached hydrogens (primary N) is 1. The highest BCUT2D eigenvalue weighted by atomic mass is 32.2. The van der Waals surface area contributed by atoms with Crippen molar-refractivity contribution in [3.05, 3.63) is 46.8 Å².